The van der Waals surface area contributed by atoms with Crippen LogP contribution in [-0.2, 0) is 11.3 Å². The van der Waals surface area contributed by atoms with Gasteiger partial charge in [0.2, 0.25) is 5.91 Å². The number of likely N-dealkylation sites (N-methyl/N-ethyl adjacent to an activating group) is 1. The first-order valence-corrected chi connectivity index (χ1v) is 4.94. The summed E-state index contributed by atoms with van der Waals surface area (Å²) in [6, 6.07) is 7.31. The second-order valence-corrected chi connectivity index (χ2v) is 3.40. The predicted molar refractivity (Wildman–Crippen MR) is 61.5 cm³/mol. The monoisotopic (exact) mass is 207 g/mol. The Labute approximate surface area is 89.9 Å². The van der Waals surface area contributed by atoms with Gasteiger partial charge >= 0.3 is 0 Å². The van der Waals surface area contributed by atoms with Gasteiger partial charge in [-0.25, -0.2) is 0 Å². The molecule has 0 spiro atoms. The molecule has 0 aliphatic carbocycles. The lowest BCUT2D eigenvalue weighted by Gasteiger charge is -2.11. The van der Waals surface area contributed by atoms with E-state index in [9.17, 15) is 4.79 Å². The highest BCUT2D eigenvalue weighted by Crippen LogP contribution is 2.09. The van der Waals surface area contributed by atoms with E-state index in [2.05, 4.69) is 10.6 Å². The lowest BCUT2D eigenvalue weighted by Crippen LogP contribution is -2.35. The molecule has 0 aliphatic rings. The molecule has 4 nitrogen and oxygen atoms in total. The van der Waals surface area contributed by atoms with Gasteiger partial charge in [0.1, 0.15) is 0 Å². The summed E-state index contributed by atoms with van der Waals surface area (Å²) in [6.07, 6.45) is 0. The summed E-state index contributed by atoms with van der Waals surface area (Å²) >= 11 is 0. The molecule has 0 radical (unpaired) electrons. The highest BCUT2D eigenvalue weighted by atomic mass is 16.2. The van der Waals surface area contributed by atoms with Crippen molar-refractivity contribution >= 4 is 11.6 Å². The van der Waals surface area contributed by atoms with Gasteiger partial charge < -0.3 is 16.4 Å². The summed E-state index contributed by atoms with van der Waals surface area (Å²) in [4.78, 5) is 11.5. The number of rotatable bonds is 4. The minimum absolute atomic E-state index is 0.0435. The van der Waals surface area contributed by atoms with Gasteiger partial charge in [-0.05, 0) is 31.7 Å². The molecule has 1 amide bonds. The van der Waals surface area contributed by atoms with Crippen molar-refractivity contribution in [1.82, 2.24) is 5.32 Å². The number of nitrogens with two attached hydrogens (primary N) is 1. The summed E-state index contributed by atoms with van der Waals surface area (Å²) in [5.74, 6) is -0.0435. The molecule has 1 rings (SSSR count). The van der Waals surface area contributed by atoms with E-state index >= 15 is 0 Å². The molecule has 1 atom stereocenters. The molecule has 1 aromatic rings. The van der Waals surface area contributed by atoms with Crippen LogP contribution >= 0.6 is 0 Å². The van der Waals surface area contributed by atoms with E-state index in [1.54, 1.807) is 7.05 Å². The smallest absolute Gasteiger partial charge is 0.241 e. The number of hydrogen-bond acceptors (Lipinski definition) is 3. The average molecular weight is 207 g/mol. The van der Waals surface area contributed by atoms with E-state index in [1.807, 2.05) is 31.2 Å². The maximum Gasteiger partial charge on any atom is 0.241 e. The van der Waals surface area contributed by atoms with Crippen LogP contribution in [0.3, 0.4) is 0 Å². The molecule has 0 bridgehead atoms. The molecule has 4 N–H and O–H groups in total. The van der Waals surface area contributed by atoms with Crippen molar-refractivity contribution in [2.24, 2.45) is 5.73 Å². The van der Waals surface area contributed by atoms with Crippen LogP contribution in [0.5, 0.6) is 0 Å². The quantitative estimate of drug-likeness (QED) is 0.680. The third-order valence-corrected chi connectivity index (χ3v) is 2.28. The SMILES string of the molecule is CN[C@@H](C)C(=O)Nc1ccc(CN)cc1. The van der Waals surface area contributed by atoms with Crippen molar-refractivity contribution in [2.75, 3.05) is 12.4 Å². The first-order chi connectivity index (χ1) is 7.17. The zero-order valence-corrected chi connectivity index (χ0v) is 9.08. The topological polar surface area (TPSA) is 67.2 Å². The van der Waals surface area contributed by atoms with Crippen molar-refractivity contribution in [3.8, 4) is 0 Å². The van der Waals surface area contributed by atoms with E-state index in [0.717, 1.165) is 11.3 Å². The van der Waals surface area contributed by atoms with Crippen LogP contribution in [0.15, 0.2) is 24.3 Å². The van der Waals surface area contributed by atoms with E-state index in [1.165, 1.54) is 0 Å². The normalized spacial score (nSPS) is 12.2. The van der Waals surface area contributed by atoms with Gasteiger partial charge in [0.15, 0.2) is 0 Å². The lowest BCUT2D eigenvalue weighted by atomic mass is 10.2. The molecule has 82 valence electrons. The van der Waals surface area contributed by atoms with Gasteiger partial charge in [0.05, 0.1) is 6.04 Å². The number of amides is 1. The zero-order chi connectivity index (χ0) is 11.3. The van der Waals surface area contributed by atoms with Gasteiger partial charge in [0.25, 0.3) is 0 Å². The molecule has 0 fully saturated rings. The van der Waals surface area contributed by atoms with Crippen LogP contribution < -0.4 is 16.4 Å². The Morgan fingerprint density at radius 2 is 2.00 bits per heavy atom. The largest absolute Gasteiger partial charge is 0.326 e. The van der Waals surface area contributed by atoms with Crippen molar-refractivity contribution in [1.29, 1.82) is 0 Å². The van der Waals surface area contributed by atoms with Gasteiger partial charge in [0, 0.05) is 12.2 Å². The third-order valence-electron chi connectivity index (χ3n) is 2.28. The summed E-state index contributed by atoms with van der Waals surface area (Å²) in [6.45, 7) is 2.32. The van der Waals surface area contributed by atoms with Crippen molar-refractivity contribution in [3.05, 3.63) is 29.8 Å². The van der Waals surface area contributed by atoms with Crippen LogP contribution in [0.1, 0.15) is 12.5 Å². The minimum atomic E-state index is -0.195. The van der Waals surface area contributed by atoms with Crippen LogP contribution in [-0.4, -0.2) is 19.0 Å². The highest BCUT2D eigenvalue weighted by Gasteiger charge is 2.09. The Balaban J connectivity index is 2.61. The van der Waals surface area contributed by atoms with Crippen LogP contribution in [0.2, 0.25) is 0 Å². The van der Waals surface area contributed by atoms with Gasteiger partial charge in [-0.1, -0.05) is 12.1 Å². The highest BCUT2D eigenvalue weighted by molar-refractivity contribution is 5.94. The second kappa shape index (κ2) is 5.48. The molecule has 0 saturated heterocycles. The molecular weight excluding hydrogens is 190 g/mol. The minimum Gasteiger partial charge on any atom is -0.326 e. The maximum absolute atomic E-state index is 11.5. The fourth-order valence-corrected chi connectivity index (χ4v) is 1.11. The zero-order valence-electron chi connectivity index (χ0n) is 9.08. The maximum atomic E-state index is 11.5. The number of nitrogens with one attached hydrogen (secondary N) is 2. The van der Waals surface area contributed by atoms with Crippen molar-refractivity contribution in [3.63, 3.8) is 0 Å². The molecule has 0 saturated carbocycles. The standard InChI is InChI=1S/C11H17N3O/c1-8(13-2)11(15)14-10-5-3-9(7-12)4-6-10/h3-6,8,13H,7,12H2,1-2H3,(H,14,15)/t8-/m0/s1. The first kappa shape index (κ1) is 11.7. The molecule has 1 aromatic carbocycles. The van der Waals surface area contributed by atoms with Crippen LogP contribution in [0.25, 0.3) is 0 Å². The summed E-state index contributed by atoms with van der Waals surface area (Å²) < 4.78 is 0. The van der Waals surface area contributed by atoms with Crippen molar-refractivity contribution in [2.45, 2.75) is 19.5 Å². The summed E-state index contributed by atoms with van der Waals surface area (Å²) in [7, 11) is 1.75. The predicted octanol–water partition coefficient (Wildman–Crippen LogP) is 0.692. The molecule has 4 heteroatoms. The molecule has 0 unspecified atom stereocenters. The van der Waals surface area contributed by atoms with Gasteiger partial charge in [-0.2, -0.15) is 0 Å². The average Bonchev–Trinajstić information content (AvgIpc) is 2.29. The summed E-state index contributed by atoms with van der Waals surface area (Å²) in [5.41, 5.74) is 7.32. The molecular formula is C11H17N3O. The number of anilines is 1. The van der Waals surface area contributed by atoms with E-state index in [4.69, 9.17) is 5.73 Å². The van der Waals surface area contributed by atoms with E-state index < -0.39 is 0 Å². The number of benzene rings is 1. The van der Waals surface area contributed by atoms with Gasteiger partial charge in [-0.15, -0.1) is 0 Å². The molecule has 0 aliphatic heterocycles. The van der Waals surface area contributed by atoms with Crippen LogP contribution in [0, 0.1) is 0 Å². The number of hydrogen-bond donors (Lipinski definition) is 3. The Morgan fingerprint density at radius 1 is 1.40 bits per heavy atom. The Bertz CT molecular complexity index is 321. The first-order valence-electron chi connectivity index (χ1n) is 4.94. The summed E-state index contributed by atoms with van der Waals surface area (Å²) in [5, 5.41) is 5.68. The fraction of sp³-hybridized carbons (Fsp3) is 0.364. The van der Waals surface area contributed by atoms with Gasteiger partial charge in [-0.3, -0.25) is 4.79 Å². The van der Waals surface area contributed by atoms with E-state index in [-0.39, 0.29) is 11.9 Å². The number of carbonyl (C=O) groups is 1. The Kier molecular flexibility index (Phi) is 4.27. The fourth-order valence-electron chi connectivity index (χ4n) is 1.11. The second-order valence-electron chi connectivity index (χ2n) is 3.40. The van der Waals surface area contributed by atoms with E-state index in [0.29, 0.717) is 6.54 Å². The number of carbonyl (C=O) groups excluding carboxylic acids is 1. The molecule has 15 heavy (non-hydrogen) atoms. The molecule has 0 aromatic heterocycles. The third kappa shape index (κ3) is 3.34. The van der Waals surface area contributed by atoms with Crippen LogP contribution in [0.4, 0.5) is 5.69 Å². The van der Waals surface area contributed by atoms with Crippen molar-refractivity contribution < 1.29 is 4.79 Å². The lowest BCUT2D eigenvalue weighted by molar-refractivity contribution is -0.117. The Morgan fingerprint density at radius 3 is 2.47 bits per heavy atom. The Hall–Kier alpha value is -1.39. The molecule has 0 heterocycles.